The molecule has 0 saturated carbocycles. The van der Waals surface area contributed by atoms with E-state index >= 15 is 0 Å². The van der Waals surface area contributed by atoms with Crippen molar-refractivity contribution in [2.75, 3.05) is 29.4 Å². The molecule has 0 radical (unpaired) electrons. The number of rotatable bonds is 5. The Hall–Kier alpha value is -2.48. The van der Waals surface area contributed by atoms with Crippen LogP contribution in [0.15, 0.2) is 30.3 Å². The van der Waals surface area contributed by atoms with Crippen molar-refractivity contribution in [1.82, 2.24) is 15.5 Å². The molecule has 2 fully saturated rings. The fourth-order valence-electron chi connectivity index (χ4n) is 3.75. The first-order chi connectivity index (χ1) is 13.7. The highest BCUT2D eigenvalue weighted by atomic mass is 32.1. The van der Waals surface area contributed by atoms with E-state index < -0.39 is 0 Å². The Kier molecular flexibility index (Phi) is 5.85. The highest BCUT2D eigenvalue weighted by molar-refractivity contribution is 7.19. The summed E-state index contributed by atoms with van der Waals surface area (Å²) in [6, 6.07) is 9.95. The van der Waals surface area contributed by atoms with Crippen LogP contribution >= 0.6 is 11.3 Å². The van der Waals surface area contributed by atoms with Crippen LogP contribution in [0.2, 0.25) is 0 Å². The van der Waals surface area contributed by atoms with E-state index in [2.05, 4.69) is 20.4 Å². The number of piperidine rings is 2. The van der Waals surface area contributed by atoms with Crippen molar-refractivity contribution < 1.29 is 9.59 Å². The van der Waals surface area contributed by atoms with Gasteiger partial charge in [-0.05, 0) is 31.2 Å². The summed E-state index contributed by atoms with van der Waals surface area (Å²) >= 11 is 1.45. The fourth-order valence-corrected chi connectivity index (χ4v) is 4.67. The van der Waals surface area contributed by atoms with Gasteiger partial charge in [0.05, 0.1) is 5.92 Å². The lowest BCUT2D eigenvalue weighted by Gasteiger charge is -2.31. The Balaban J connectivity index is 1.36. The topological polar surface area (TPSA) is 78.4 Å². The molecule has 148 valence electrons. The first kappa shape index (κ1) is 18.9. The first-order valence-corrected chi connectivity index (χ1v) is 10.7. The minimum atomic E-state index is -0.0542. The molecule has 0 aliphatic carbocycles. The largest absolute Gasteiger partial charge is 0.352 e. The molecule has 2 aromatic rings. The van der Waals surface area contributed by atoms with Crippen LogP contribution < -0.4 is 15.1 Å². The van der Waals surface area contributed by atoms with Crippen molar-refractivity contribution >= 4 is 33.4 Å². The van der Waals surface area contributed by atoms with E-state index in [1.54, 1.807) is 4.90 Å². The van der Waals surface area contributed by atoms with E-state index in [0.717, 1.165) is 49.5 Å². The van der Waals surface area contributed by atoms with Crippen molar-refractivity contribution in [1.29, 1.82) is 0 Å². The summed E-state index contributed by atoms with van der Waals surface area (Å²) in [7, 11) is 0. The zero-order chi connectivity index (χ0) is 19.3. The van der Waals surface area contributed by atoms with Gasteiger partial charge in [0, 0.05) is 32.6 Å². The predicted molar refractivity (Wildman–Crippen MR) is 109 cm³/mol. The van der Waals surface area contributed by atoms with Gasteiger partial charge >= 0.3 is 0 Å². The monoisotopic (exact) mass is 399 g/mol. The van der Waals surface area contributed by atoms with E-state index in [1.807, 2.05) is 30.3 Å². The van der Waals surface area contributed by atoms with E-state index in [-0.39, 0.29) is 17.7 Å². The highest BCUT2D eigenvalue weighted by Gasteiger charge is 2.29. The smallest absolute Gasteiger partial charge is 0.228 e. The summed E-state index contributed by atoms with van der Waals surface area (Å²) in [6.45, 7) is 2.78. The number of hydrogen-bond acceptors (Lipinski definition) is 6. The van der Waals surface area contributed by atoms with Crippen LogP contribution in [0.4, 0.5) is 10.3 Å². The number of amides is 2. The van der Waals surface area contributed by atoms with Gasteiger partial charge in [-0.15, -0.1) is 10.2 Å². The number of nitrogens with one attached hydrogen (secondary N) is 1. The summed E-state index contributed by atoms with van der Waals surface area (Å²) in [5, 5.41) is 13.1. The molecule has 8 heteroatoms. The average Bonchev–Trinajstić information content (AvgIpc) is 3.23. The van der Waals surface area contributed by atoms with Crippen LogP contribution in [-0.4, -0.2) is 41.6 Å². The van der Waals surface area contributed by atoms with Gasteiger partial charge in [0.15, 0.2) is 0 Å². The zero-order valence-electron chi connectivity index (χ0n) is 15.8. The first-order valence-electron chi connectivity index (χ1n) is 9.91. The lowest BCUT2D eigenvalue weighted by molar-refractivity contribution is -0.125. The standard InChI is InChI=1S/C20H25N5O2S/c26-17-10-4-5-12-25(17)20-23-22-19(28-20)24-11-6-9-16(14-24)18(27)21-13-15-7-2-1-3-8-15/h1-3,7-8,16H,4-6,9-14H2,(H,21,27). The summed E-state index contributed by atoms with van der Waals surface area (Å²) < 4.78 is 0. The van der Waals surface area contributed by atoms with Crippen LogP contribution in [-0.2, 0) is 16.1 Å². The Morgan fingerprint density at radius 2 is 1.93 bits per heavy atom. The van der Waals surface area contributed by atoms with Crippen LogP contribution in [0, 0.1) is 5.92 Å². The highest BCUT2D eigenvalue weighted by Crippen LogP contribution is 2.32. The number of carbonyl (C=O) groups excluding carboxylic acids is 2. The van der Waals surface area contributed by atoms with Crippen LogP contribution in [0.5, 0.6) is 0 Å². The second-order valence-corrected chi connectivity index (χ2v) is 8.29. The minimum absolute atomic E-state index is 0.0542. The molecule has 3 heterocycles. The van der Waals surface area contributed by atoms with Gasteiger partial charge in [-0.3, -0.25) is 14.5 Å². The Bertz CT molecular complexity index is 825. The Morgan fingerprint density at radius 1 is 1.11 bits per heavy atom. The van der Waals surface area contributed by atoms with Crippen LogP contribution in [0.1, 0.15) is 37.7 Å². The number of carbonyl (C=O) groups is 2. The maximum absolute atomic E-state index is 12.6. The summed E-state index contributed by atoms with van der Waals surface area (Å²) in [4.78, 5) is 28.6. The SMILES string of the molecule is O=C(NCc1ccccc1)C1CCCN(c2nnc(N3CCCCC3=O)s2)C1. The molecule has 28 heavy (non-hydrogen) atoms. The number of aromatic nitrogens is 2. The predicted octanol–water partition coefficient (Wildman–Crippen LogP) is 2.59. The summed E-state index contributed by atoms with van der Waals surface area (Å²) in [5.74, 6) is 0.164. The van der Waals surface area contributed by atoms with Gasteiger partial charge in [0.2, 0.25) is 22.1 Å². The number of nitrogens with zero attached hydrogens (tertiary/aromatic N) is 4. The van der Waals surface area contributed by atoms with E-state index in [4.69, 9.17) is 0 Å². The molecule has 1 aromatic carbocycles. The molecule has 1 unspecified atom stereocenters. The Morgan fingerprint density at radius 3 is 2.75 bits per heavy atom. The van der Waals surface area contributed by atoms with Crippen molar-refractivity contribution in [3.05, 3.63) is 35.9 Å². The number of hydrogen-bond donors (Lipinski definition) is 1. The van der Waals surface area contributed by atoms with E-state index in [0.29, 0.717) is 24.6 Å². The molecule has 0 bridgehead atoms. The number of anilines is 2. The van der Waals surface area contributed by atoms with Crippen molar-refractivity contribution in [3.63, 3.8) is 0 Å². The fraction of sp³-hybridized carbons (Fsp3) is 0.500. The molecule has 2 aliphatic rings. The molecular formula is C20H25N5O2S. The van der Waals surface area contributed by atoms with Gasteiger partial charge in [0.1, 0.15) is 0 Å². The van der Waals surface area contributed by atoms with Crippen LogP contribution in [0.25, 0.3) is 0 Å². The zero-order valence-corrected chi connectivity index (χ0v) is 16.7. The quantitative estimate of drug-likeness (QED) is 0.836. The molecule has 0 spiro atoms. The van der Waals surface area contributed by atoms with E-state index in [1.165, 1.54) is 11.3 Å². The summed E-state index contributed by atoms with van der Waals surface area (Å²) in [6.07, 6.45) is 4.37. The molecule has 1 aromatic heterocycles. The third-order valence-electron chi connectivity index (χ3n) is 5.33. The van der Waals surface area contributed by atoms with Gasteiger partial charge in [-0.1, -0.05) is 41.7 Å². The number of benzene rings is 1. The normalized spacial score (nSPS) is 20.3. The molecule has 7 nitrogen and oxygen atoms in total. The minimum Gasteiger partial charge on any atom is -0.352 e. The third kappa shape index (κ3) is 4.32. The second-order valence-electron chi connectivity index (χ2n) is 7.36. The molecular weight excluding hydrogens is 374 g/mol. The molecule has 2 aliphatic heterocycles. The summed E-state index contributed by atoms with van der Waals surface area (Å²) in [5.41, 5.74) is 1.10. The maximum Gasteiger partial charge on any atom is 0.228 e. The Labute approximate surface area is 168 Å². The van der Waals surface area contributed by atoms with Gasteiger partial charge in [-0.25, -0.2) is 0 Å². The van der Waals surface area contributed by atoms with Gasteiger partial charge in [-0.2, -0.15) is 0 Å². The molecule has 4 rings (SSSR count). The molecule has 1 atom stereocenters. The maximum atomic E-state index is 12.6. The average molecular weight is 400 g/mol. The molecule has 2 amide bonds. The lowest BCUT2D eigenvalue weighted by Crippen LogP contribution is -2.43. The third-order valence-corrected chi connectivity index (χ3v) is 6.34. The van der Waals surface area contributed by atoms with Crippen LogP contribution in [0.3, 0.4) is 0 Å². The molecule has 2 saturated heterocycles. The van der Waals surface area contributed by atoms with Crippen molar-refractivity contribution in [2.45, 2.75) is 38.6 Å². The van der Waals surface area contributed by atoms with E-state index in [9.17, 15) is 9.59 Å². The van der Waals surface area contributed by atoms with Gasteiger partial charge in [0.25, 0.3) is 0 Å². The van der Waals surface area contributed by atoms with Crippen molar-refractivity contribution in [3.8, 4) is 0 Å². The molecule has 1 N–H and O–H groups in total. The van der Waals surface area contributed by atoms with Crippen molar-refractivity contribution in [2.24, 2.45) is 5.92 Å². The lowest BCUT2D eigenvalue weighted by atomic mass is 9.97. The second kappa shape index (κ2) is 8.68. The van der Waals surface area contributed by atoms with Gasteiger partial charge < -0.3 is 10.2 Å².